The number of benzene rings is 7. The summed E-state index contributed by atoms with van der Waals surface area (Å²) in [6.07, 6.45) is 0. The van der Waals surface area contributed by atoms with Crippen molar-refractivity contribution in [1.29, 1.82) is 0 Å². The first-order valence-electron chi connectivity index (χ1n) is 15.3. The van der Waals surface area contributed by atoms with Gasteiger partial charge in [0, 0.05) is 38.6 Å². The Kier molecular flexibility index (Phi) is 5.66. The van der Waals surface area contributed by atoms with Crippen LogP contribution in [0.25, 0.3) is 77.2 Å². The van der Waals surface area contributed by atoms with E-state index in [-0.39, 0.29) is 0 Å². The zero-order valence-electron chi connectivity index (χ0n) is 24.6. The predicted octanol–water partition coefficient (Wildman–Crippen LogP) is 10.8. The van der Waals surface area contributed by atoms with E-state index in [0.29, 0.717) is 0 Å². The molecule has 7 aromatic carbocycles. The molecule has 45 heavy (non-hydrogen) atoms. The second-order valence-electron chi connectivity index (χ2n) is 11.7. The van der Waals surface area contributed by atoms with Gasteiger partial charge in [-0.2, -0.15) is 0 Å². The van der Waals surface area contributed by atoms with E-state index in [1.807, 2.05) is 12.1 Å². The summed E-state index contributed by atoms with van der Waals surface area (Å²) in [4.78, 5) is 0. The Hall–Kier alpha value is -6.06. The molecule has 9 rings (SSSR count). The van der Waals surface area contributed by atoms with Gasteiger partial charge in [-0.05, 0) is 89.0 Å². The third kappa shape index (κ3) is 4.05. The lowest BCUT2D eigenvalue weighted by Crippen LogP contribution is -1.94. The Bertz CT molecular complexity index is 2520. The standard InChI is InChI=1S/C42H29N3/c43-32-20-14-28(15-21-32)29-16-22-34(23-17-29)44-40-13-7-5-11-36(40)38-26-30(19-25-41(38)44)31-18-24-37-35-10-4-6-12-39(35)45(42(37)27-31)33-8-2-1-3-9-33/h1-27H,43H2. The van der Waals surface area contributed by atoms with Crippen molar-refractivity contribution in [3.8, 4) is 33.6 Å². The fraction of sp³-hybridized carbons (Fsp3) is 0. The molecular weight excluding hydrogens is 546 g/mol. The highest BCUT2D eigenvalue weighted by atomic mass is 15.0. The van der Waals surface area contributed by atoms with Crippen LogP contribution in [0, 0.1) is 0 Å². The van der Waals surface area contributed by atoms with E-state index in [1.165, 1.54) is 66.0 Å². The average Bonchev–Trinajstić information content (AvgIpc) is 3.61. The molecule has 2 heterocycles. The quantitative estimate of drug-likeness (QED) is 0.208. The first-order valence-corrected chi connectivity index (χ1v) is 15.3. The second-order valence-corrected chi connectivity index (χ2v) is 11.7. The van der Waals surface area contributed by atoms with Crippen LogP contribution in [0.3, 0.4) is 0 Å². The Balaban J connectivity index is 1.20. The molecule has 0 spiro atoms. The van der Waals surface area contributed by atoms with Crippen molar-refractivity contribution >= 4 is 49.3 Å². The molecule has 3 nitrogen and oxygen atoms in total. The normalized spacial score (nSPS) is 11.6. The number of rotatable bonds is 4. The Labute approximate surface area is 261 Å². The molecule has 9 aromatic rings. The number of fused-ring (bicyclic) bond motifs is 6. The molecule has 0 bridgehead atoms. The van der Waals surface area contributed by atoms with Gasteiger partial charge >= 0.3 is 0 Å². The monoisotopic (exact) mass is 575 g/mol. The van der Waals surface area contributed by atoms with Crippen LogP contribution >= 0.6 is 0 Å². The molecule has 0 atom stereocenters. The number of hydrogen-bond donors (Lipinski definition) is 1. The zero-order valence-corrected chi connectivity index (χ0v) is 24.6. The van der Waals surface area contributed by atoms with Gasteiger partial charge < -0.3 is 14.9 Å². The lowest BCUT2D eigenvalue weighted by atomic mass is 10.0. The van der Waals surface area contributed by atoms with Crippen molar-refractivity contribution in [2.75, 3.05) is 5.73 Å². The van der Waals surface area contributed by atoms with Gasteiger partial charge in [-0.15, -0.1) is 0 Å². The number of nitrogens with zero attached hydrogens (tertiary/aromatic N) is 2. The van der Waals surface area contributed by atoms with Crippen molar-refractivity contribution < 1.29 is 0 Å². The van der Waals surface area contributed by atoms with Gasteiger partial charge in [0.1, 0.15) is 0 Å². The third-order valence-corrected chi connectivity index (χ3v) is 9.06. The van der Waals surface area contributed by atoms with Crippen LogP contribution in [-0.4, -0.2) is 9.13 Å². The number of nitrogens with two attached hydrogens (primary N) is 1. The van der Waals surface area contributed by atoms with Gasteiger partial charge in [-0.25, -0.2) is 0 Å². The molecule has 0 aliphatic heterocycles. The Morgan fingerprint density at radius 3 is 1.49 bits per heavy atom. The first kappa shape index (κ1) is 25.4. The topological polar surface area (TPSA) is 35.9 Å². The van der Waals surface area contributed by atoms with Gasteiger partial charge in [-0.1, -0.05) is 97.1 Å². The fourth-order valence-corrected chi connectivity index (χ4v) is 6.91. The largest absolute Gasteiger partial charge is 0.399 e. The minimum atomic E-state index is 0.776. The second kappa shape index (κ2) is 10.0. The predicted molar refractivity (Wildman–Crippen MR) is 190 cm³/mol. The van der Waals surface area contributed by atoms with E-state index in [9.17, 15) is 0 Å². The maximum absolute atomic E-state index is 5.91. The van der Waals surface area contributed by atoms with E-state index >= 15 is 0 Å². The third-order valence-electron chi connectivity index (χ3n) is 9.06. The maximum atomic E-state index is 5.91. The van der Waals surface area contributed by atoms with Crippen molar-refractivity contribution in [3.05, 3.63) is 164 Å². The molecule has 0 radical (unpaired) electrons. The maximum Gasteiger partial charge on any atom is 0.0547 e. The van der Waals surface area contributed by atoms with E-state index in [1.54, 1.807) is 0 Å². The summed E-state index contributed by atoms with van der Waals surface area (Å²) in [7, 11) is 0. The van der Waals surface area contributed by atoms with E-state index in [2.05, 4.69) is 161 Å². The molecule has 0 saturated carbocycles. The highest BCUT2D eigenvalue weighted by Crippen LogP contribution is 2.38. The molecule has 0 aliphatic rings. The Morgan fingerprint density at radius 1 is 0.311 bits per heavy atom. The van der Waals surface area contributed by atoms with Gasteiger partial charge in [0.05, 0.1) is 22.1 Å². The minimum absolute atomic E-state index is 0.776. The lowest BCUT2D eigenvalue weighted by molar-refractivity contribution is 1.18. The molecule has 212 valence electrons. The van der Waals surface area contributed by atoms with Crippen molar-refractivity contribution in [2.24, 2.45) is 0 Å². The summed E-state index contributed by atoms with van der Waals surface area (Å²) in [5, 5.41) is 5.02. The number of nitrogen functional groups attached to an aromatic ring is 1. The number of hydrogen-bond acceptors (Lipinski definition) is 1. The van der Waals surface area contributed by atoms with Gasteiger partial charge in [0.2, 0.25) is 0 Å². The highest BCUT2D eigenvalue weighted by molar-refractivity contribution is 6.12. The van der Waals surface area contributed by atoms with Crippen molar-refractivity contribution in [1.82, 2.24) is 9.13 Å². The fourth-order valence-electron chi connectivity index (χ4n) is 6.91. The summed E-state index contributed by atoms with van der Waals surface area (Å²) in [5.74, 6) is 0. The molecular formula is C42H29N3. The Morgan fingerprint density at radius 2 is 0.778 bits per heavy atom. The molecule has 2 aromatic heterocycles. The minimum Gasteiger partial charge on any atom is -0.399 e. The SMILES string of the molecule is Nc1ccc(-c2ccc(-n3c4ccccc4c4cc(-c5ccc6c7ccccc7n(-c7ccccc7)c6c5)ccc43)cc2)cc1. The smallest absolute Gasteiger partial charge is 0.0547 e. The summed E-state index contributed by atoms with van der Waals surface area (Å²) >= 11 is 0. The molecule has 3 heteroatoms. The lowest BCUT2D eigenvalue weighted by Gasteiger charge is -2.11. The van der Waals surface area contributed by atoms with Crippen LogP contribution in [0.4, 0.5) is 5.69 Å². The van der Waals surface area contributed by atoms with Crippen LogP contribution in [0.15, 0.2) is 164 Å². The van der Waals surface area contributed by atoms with E-state index in [0.717, 1.165) is 16.9 Å². The van der Waals surface area contributed by atoms with Crippen LogP contribution in [0.2, 0.25) is 0 Å². The average molecular weight is 576 g/mol. The molecule has 0 amide bonds. The molecule has 0 unspecified atom stereocenters. The number of para-hydroxylation sites is 3. The number of aromatic nitrogens is 2. The van der Waals surface area contributed by atoms with Crippen molar-refractivity contribution in [3.63, 3.8) is 0 Å². The van der Waals surface area contributed by atoms with Gasteiger partial charge in [0.25, 0.3) is 0 Å². The van der Waals surface area contributed by atoms with Gasteiger partial charge in [0.15, 0.2) is 0 Å². The summed E-state index contributed by atoms with van der Waals surface area (Å²) in [6.45, 7) is 0. The van der Waals surface area contributed by atoms with Crippen LogP contribution in [0.1, 0.15) is 0 Å². The van der Waals surface area contributed by atoms with E-state index in [4.69, 9.17) is 5.73 Å². The number of anilines is 1. The molecule has 2 N–H and O–H groups in total. The van der Waals surface area contributed by atoms with Gasteiger partial charge in [-0.3, -0.25) is 0 Å². The first-order chi connectivity index (χ1) is 22.2. The summed E-state index contributed by atoms with van der Waals surface area (Å²) in [6, 6.07) is 58.7. The van der Waals surface area contributed by atoms with Crippen LogP contribution in [-0.2, 0) is 0 Å². The highest BCUT2D eigenvalue weighted by Gasteiger charge is 2.16. The molecule has 0 aliphatic carbocycles. The van der Waals surface area contributed by atoms with Crippen LogP contribution < -0.4 is 5.73 Å². The summed E-state index contributed by atoms with van der Waals surface area (Å²) < 4.78 is 4.75. The van der Waals surface area contributed by atoms with Crippen LogP contribution in [0.5, 0.6) is 0 Å². The van der Waals surface area contributed by atoms with E-state index < -0.39 is 0 Å². The zero-order chi connectivity index (χ0) is 29.9. The summed E-state index contributed by atoms with van der Waals surface area (Å²) in [5.41, 5.74) is 18.6. The molecule has 0 fully saturated rings. The van der Waals surface area contributed by atoms with Crippen molar-refractivity contribution in [2.45, 2.75) is 0 Å². The molecule has 0 saturated heterocycles.